The Hall–Kier alpha value is -3.45. The van der Waals surface area contributed by atoms with Gasteiger partial charge in [0.2, 0.25) is 11.9 Å². The number of piperazine rings is 1. The van der Waals surface area contributed by atoms with Gasteiger partial charge in [0.25, 0.3) is 0 Å². The molecule has 1 amide bonds. The van der Waals surface area contributed by atoms with Gasteiger partial charge >= 0.3 is 0 Å². The summed E-state index contributed by atoms with van der Waals surface area (Å²) in [6.07, 6.45) is 4.14. The number of likely N-dealkylation sites (N-methyl/N-ethyl adjacent to an activating group) is 1. The zero-order chi connectivity index (χ0) is 22.5. The lowest BCUT2D eigenvalue weighted by Gasteiger charge is -2.40. The van der Waals surface area contributed by atoms with E-state index in [2.05, 4.69) is 39.4 Å². The van der Waals surface area contributed by atoms with Crippen LogP contribution in [-0.4, -0.2) is 59.5 Å². The van der Waals surface area contributed by atoms with Gasteiger partial charge in [-0.15, -0.1) is 0 Å². The number of nitrogens with zero attached hydrogens (tertiary/aromatic N) is 4. The summed E-state index contributed by atoms with van der Waals surface area (Å²) in [5.41, 5.74) is 4.02. The van der Waals surface area contributed by atoms with E-state index in [-0.39, 0.29) is 11.9 Å². The van der Waals surface area contributed by atoms with Crippen LogP contribution < -0.4 is 10.1 Å². The van der Waals surface area contributed by atoms with Gasteiger partial charge in [-0.05, 0) is 42.4 Å². The van der Waals surface area contributed by atoms with Crippen LogP contribution in [0, 0.1) is 0 Å². The topological polar surface area (TPSA) is 70.6 Å². The van der Waals surface area contributed by atoms with Crippen molar-refractivity contribution in [1.29, 1.82) is 0 Å². The molecule has 1 N–H and O–H groups in total. The largest absolute Gasteiger partial charge is 0.497 e. The maximum atomic E-state index is 12.4. The lowest BCUT2D eigenvalue weighted by molar-refractivity contribution is -0.135. The normalized spacial score (nSPS) is 16.6. The monoisotopic (exact) mass is 431 g/mol. The lowest BCUT2D eigenvalue weighted by Crippen LogP contribution is -2.49. The molecule has 1 aromatic heterocycles. The molecular weight excluding hydrogens is 402 g/mol. The molecule has 1 saturated heterocycles. The quantitative estimate of drug-likeness (QED) is 0.633. The van der Waals surface area contributed by atoms with Crippen molar-refractivity contribution >= 4 is 17.5 Å². The van der Waals surface area contributed by atoms with E-state index < -0.39 is 0 Å². The Morgan fingerprint density at radius 2 is 1.72 bits per heavy atom. The summed E-state index contributed by atoms with van der Waals surface area (Å²) in [6, 6.07) is 16.1. The average Bonchev–Trinajstić information content (AvgIpc) is 2.84. The van der Waals surface area contributed by atoms with Gasteiger partial charge in [-0.3, -0.25) is 4.79 Å². The van der Waals surface area contributed by atoms with Gasteiger partial charge in [-0.2, -0.15) is 0 Å². The van der Waals surface area contributed by atoms with E-state index in [0.29, 0.717) is 12.4 Å². The molecule has 1 atom stereocenters. The fourth-order valence-electron chi connectivity index (χ4n) is 3.95. The van der Waals surface area contributed by atoms with Crippen molar-refractivity contribution in [2.24, 2.45) is 0 Å². The van der Waals surface area contributed by atoms with Crippen molar-refractivity contribution in [3.63, 3.8) is 0 Å². The maximum absolute atomic E-state index is 12.4. The van der Waals surface area contributed by atoms with Crippen molar-refractivity contribution in [2.75, 3.05) is 39.1 Å². The highest BCUT2D eigenvalue weighted by atomic mass is 16.5. The highest BCUT2D eigenvalue weighted by Gasteiger charge is 2.29. The molecule has 7 nitrogen and oxygen atoms in total. The third-order valence-corrected chi connectivity index (χ3v) is 5.83. The third-order valence-electron chi connectivity index (χ3n) is 5.83. The average molecular weight is 432 g/mol. The number of methoxy groups -OCH3 is 1. The van der Waals surface area contributed by atoms with Crippen molar-refractivity contribution in [1.82, 2.24) is 19.8 Å². The van der Waals surface area contributed by atoms with E-state index in [1.807, 2.05) is 48.2 Å². The summed E-state index contributed by atoms with van der Waals surface area (Å²) >= 11 is 0. The molecule has 2 aromatic carbocycles. The summed E-state index contributed by atoms with van der Waals surface area (Å²) in [7, 11) is 3.75. The predicted molar refractivity (Wildman–Crippen MR) is 126 cm³/mol. The number of ether oxygens (including phenoxy) is 1. The number of hydrogen-bond acceptors (Lipinski definition) is 6. The summed E-state index contributed by atoms with van der Waals surface area (Å²) in [6.45, 7) is 4.44. The first-order chi connectivity index (χ1) is 15.6. The number of nitrogens with one attached hydrogen (secondary N) is 1. The first-order valence-electron chi connectivity index (χ1n) is 10.9. The molecule has 0 saturated carbocycles. The fourth-order valence-corrected chi connectivity index (χ4v) is 3.95. The fraction of sp³-hybridized carbons (Fsp3) is 0.320. The lowest BCUT2D eigenvalue weighted by atomic mass is 10.0. The van der Waals surface area contributed by atoms with Crippen LogP contribution >= 0.6 is 0 Å². The molecule has 32 heavy (non-hydrogen) atoms. The van der Waals surface area contributed by atoms with Crippen molar-refractivity contribution in [2.45, 2.75) is 19.4 Å². The zero-order valence-corrected chi connectivity index (χ0v) is 18.8. The van der Waals surface area contributed by atoms with E-state index in [1.54, 1.807) is 19.5 Å². The van der Waals surface area contributed by atoms with E-state index in [9.17, 15) is 4.79 Å². The van der Waals surface area contributed by atoms with Gasteiger partial charge in [-0.25, -0.2) is 9.97 Å². The zero-order valence-electron chi connectivity index (χ0n) is 18.8. The molecule has 7 heteroatoms. The number of carbonyl (C=O) groups excluding carboxylic acids is 1. The van der Waals surface area contributed by atoms with Crippen LogP contribution in [0.3, 0.4) is 0 Å². The van der Waals surface area contributed by atoms with Crippen LogP contribution in [0.4, 0.5) is 11.6 Å². The smallest absolute Gasteiger partial charge is 0.227 e. The van der Waals surface area contributed by atoms with Gasteiger partial charge in [0.05, 0.1) is 13.2 Å². The first kappa shape index (κ1) is 21.8. The van der Waals surface area contributed by atoms with E-state index in [4.69, 9.17) is 4.74 Å². The number of amides is 1. The van der Waals surface area contributed by atoms with Crippen LogP contribution in [0.2, 0.25) is 0 Å². The van der Waals surface area contributed by atoms with Gasteiger partial charge in [-0.1, -0.05) is 31.2 Å². The number of aromatic nitrogens is 2. The minimum atomic E-state index is 0.0790. The van der Waals surface area contributed by atoms with E-state index in [0.717, 1.165) is 47.8 Å². The Bertz CT molecular complexity index is 1040. The van der Waals surface area contributed by atoms with Crippen LogP contribution in [-0.2, 0) is 4.79 Å². The van der Waals surface area contributed by atoms with Crippen molar-refractivity contribution in [3.8, 4) is 16.9 Å². The van der Waals surface area contributed by atoms with E-state index >= 15 is 0 Å². The van der Waals surface area contributed by atoms with Crippen molar-refractivity contribution in [3.05, 3.63) is 66.5 Å². The molecule has 2 heterocycles. The maximum Gasteiger partial charge on any atom is 0.227 e. The molecule has 1 aliphatic heterocycles. The van der Waals surface area contributed by atoms with Crippen LogP contribution in [0.5, 0.6) is 5.75 Å². The first-order valence-corrected chi connectivity index (χ1v) is 10.9. The molecular formula is C25H29N5O2. The second kappa shape index (κ2) is 9.78. The minimum Gasteiger partial charge on any atom is -0.497 e. The van der Waals surface area contributed by atoms with Gasteiger partial charge in [0.15, 0.2) is 0 Å². The minimum absolute atomic E-state index is 0.0790. The predicted octanol–water partition coefficient (Wildman–Crippen LogP) is 4.12. The molecule has 0 aliphatic carbocycles. The molecule has 0 bridgehead atoms. The summed E-state index contributed by atoms with van der Waals surface area (Å²) < 4.78 is 5.20. The van der Waals surface area contributed by atoms with Gasteiger partial charge in [0.1, 0.15) is 5.75 Å². The standard InChI is InChI=1S/C25H29N5O2/c1-4-24(31)30-14-13-29(2)17-23(30)19-5-9-21(10-6-19)28-25-26-15-20(16-27-25)18-7-11-22(32-3)12-8-18/h5-12,15-16,23H,4,13-14,17H2,1-3H3,(H,26,27,28). The number of hydrogen-bond donors (Lipinski definition) is 1. The molecule has 166 valence electrons. The van der Waals surface area contributed by atoms with Crippen LogP contribution in [0.25, 0.3) is 11.1 Å². The van der Waals surface area contributed by atoms with Gasteiger partial charge in [0, 0.05) is 49.7 Å². The summed E-state index contributed by atoms with van der Waals surface area (Å²) in [5, 5.41) is 3.25. The Morgan fingerprint density at radius 3 is 2.34 bits per heavy atom. The second-order valence-corrected chi connectivity index (χ2v) is 7.99. The van der Waals surface area contributed by atoms with Crippen LogP contribution in [0.1, 0.15) is 24.9 Å². The summed E-state index contributed by atoms with van der Waals surface area (Å²) in [5.74, 6) is 1.56. The van der Waals surface area contributed by atoms with Crippen molar-refractivity contribution < 1.29 is 9.53 Å². The van der Waals surface area contributed by atoms with Crippen LogP contribution in [0.15, 0.2) is 60.9 Å². The molecule has 3 aromatic rings. The van der Waals surface area contributed by atoms with E-state index in [1.165, 1.54) is 0 Å². The highest BCUT2D eigenvalue weighted by Crippen LogP contribution is 2.27. The number of carbonyl (C=O) groups is 1. The SMILES string of the molecule is CCC(=O)N1CCN(C)CC1c1ccc(Nc2ncc(-c3ccc(OC)cc3)cn2)cc1. The Kier molecular flexibility index (Phi) is 6.66. The number of benzene rings is 2. The highest BCUT2D eigenvalue weighted by molar-refractivity contribution is 5.76. The Labute approximate surface area is 189 Å². The molecule has 1 aliphatic rings. The molecule has 0 radical (unpaired) electrons. The molecule has 1 fully saturated rings. The number of rotatable bonds is 6. The van der Waals surface area contributed by atoms with Gasteiger partial charge < -0.3 is 19.9 Å². The molecule has 4 rings (SSSR count). The second-order valence-electron chi connectivity index (χ2n) is 7.99. The summed E-state index contributed by atoms with van der Waals surface area (Å²) in [4.78, 5) is 25.6. The third kappa shape index (κ3) is 4.89. The number of anilines is 2. The Balaban J connectivity index is 1.44. The Morgan fingerprint density at radius 1 is 1.03 bits per heavy atom. The molecule has 0 spiro atoms. The molecule has 1 unspecified atom stereocenters.